The Labute approximate surface area is 148 Å². The molecule has 1 N–H and O–H groups in total. The molecule has 0 unspecified atom stereocenters. The second kappa shape index (κ2) is 7.44. The third-order valence-electron chi connectivity index (χ3n) is 3.53. The van der Waals surface area contributed by atoms with Gasteiger partial charge in [0.2, 0.25) is 0 Å². The minimum Gasteiger partial charge on any atom is -0.318 e. The van der Waals surface area contributed by atoms with Gasteiger partial charge in [-0.15, -0.1) is 0 Å². The summed E-state index contributed by atoms with van der Waals surface area (Å²) in [6.45, 7) is 3.42. The van der Waals surface area contributed by atoms with Gasteiger partial charge in [-0.1, -0.05) is 35.0 Å². The Bertz CT molecular complexity index is 822. The van der Waals surface area contributed by atoms with E-state index in [0.717, 1.165) is 23.0 Å². The molecule has 0 aliphatic heterocycles. The second-order valence-corrected chi connectivity index (χ2v) is 6.36. The number of carbonyl (C=O) groups is 1. The normalized spacial score (nSPS) is 10.8. The van der Waals surface area contributed by atoms with Gasteiger partial charge in [-0.2, -0.15) is 10.2 Å². The number of carbonyl (C=O) groups excluding carboxylic acids is 1. The minimum atomic E-state index is -0.177. The Hall–Kier alpha value is -2.41. The molecule has 1 amide bonds. The van der Waals surface area contributed by atoms with Gasteiger partial charge in [0.15, 0.2) is 0 Å². The zero-order valence-corrected chi connectivity index (χ0v) is 14.9. The molecule has 0 spiro atoms. The largest absolute Gasteiger partial charge is 0.318 e. The van der Waals surface area contributed by atoms with Gasteiger partial charge in [-0.25, -0.2) is 0 Å². The van der Waals surface area contributed by atoms with Crippen LogP contribution < -0.4 is 5.32 Å². The number of nitrogens with one attached hydrogen (secondary N) is 1. The van der Waals surface area contributed by atoms with Crippen molar-refractivity contribution in [3.05, 3.63) is 64.7 Å². The zero-order chi connectivity index (χ0) is 16.9. The van der Waals surface area contributed by atoms with Crippen molar-refractivity contribution in [3.8, 4) is 0 Å². The maximum Gasteiger partial charge on any atom is 0.274 e. The van der Waals surface area contributed by atoms with Gasteiger partial charge in [0.25, 0.3) is 5.91 Å². The Morgan fingerprint density at radius 1 is 1.21 bits per heavy atom. The van der Waals surface area contributed by atoms with Gasteiger partial charge in [0.1, 0.15) is 5.69 Å². The molecule has 0 saturated heterocycles. The Morgan fingerprint density at radius 3 is 2.75 bits per heavy atom. The Kier molecular flexibility index (Phi) is 5.10. The lowest BCUT2D eigenvalue weighted by Gasteiger charge is -2.06. The monoisotopic (exact) mass is 387 g/mol. The molecule has 0 fully saturated rings. The van der Waals surface area contributed by atoms with Crippen LogP contribution in [0.3, 0.4) is 0 Å². The fourth-order valence-corrected chi connectivity index (χ4v) is 2.67. The molecule has 0 aliphatic carbocycles. The van der Waals surface area contributed by atoms with Crippen LogP contribution in [0.4, 0.5) is 5.69 Å². The van der Waals surface area contributed by atoms with Crippen LogP contribution in [0.5, 0.6) is 0 Å². The molecule has 2 heterocycles. The quantitative estimate of drug-likeness (QED) is 0.703. The summed E-state index contributed by atoms with van der Waals surface area (Å²) in [6.07, 6.45) is 6.03. The van der Waals surface area contributed by atoms with Crippen LogP contribution in [-0.4, -0.2) is 25.5 Å². The molecule has 2 aromatic heterocycles. The molecule has 7 heteroatoms. The second-order valence-electron chi connectivity index (χ2n) is 5.45. The van der Waals surface area contributed by atoms with Crippen molar-refractivity contribution in [1.82, 2.24) is 19.6 Å². The highest BCUT2D eigenvalue weighted by Gasteiger charge is 2.12. The van der Waals surface area contributed by atoms with Crippen LogP contribution in [0.2, 0.25) is 0 Å². The van der Waals surface area contributed by atoms with E-state index in [-0.39, 0.29) is 5.91 Å². The lowest BCUT2D eigenvalue weighted by Crippen LogP contribution is -2.17. The van der Waals surface area contributed by atoms with Gasteiger partial charge in [0, 0.05) is 23.4 Å². The van der Waals surface area contributed by atoms with Crippen LogP contribution in [-0.2, 0) is 13.1 Å². The van der Waals surface area contributed by atoms with E-state index in [4.69, 9.17) is 0 Å². The molecular weight excluding hydrogens is 370 g/mol. The highest BCUT2D eigenvalue weighted by molar-refractivity contribution is 9.10. The highest BCUT2D eigenvalue weighted by Crippen LogP contribution is 2.13. The molecule has 0 bridgehead atoms. The molecule has 3 rings (SSSR count). The first-order valence-electron chi connectivity index (χ1n) is 7.76. The van der Waals surface area contributed by atoms with Crippen LogP contribution >= 0.6 is 15.9 Å². The van der Waals surface area contributed by atoms with Crippen LogP contribution in [0, 0.1) is 0 Å². The number of aryl methyl sites for hydroxylation is 1. The van der Waals surface area contributed by atoms with E-state index in [1.807, 2.05) is 30.5 Å². The molecule has 124 valence electrons. The van der Waals surface area contributed by atoms with Crippen molar-refractivity contribution < 1.29 is 4.79 Å². The third-order valence-corrected chi connectivity index (χ3v) is 4.06. The van der Waals surface area contributed by atoms with Crippen molar-refractivity contribution >= 4 is 27.5 Å². The molecule has 0 aliphatic rings. The Balaban J connectivity index is 1.66. The van der Waals surface area contributed by atoms with Gasteiger partial charge in [-0.3, -0.25) is 14.2 Å². The molecule has 24 heavy (non-hydrogen) atoms. The number of halogens is 1. The summed E-state index contributed by atoms with van der Waals surface area (Å²) in [5.74, 6) is -0.177. The summed E-state index contributed by atoms with van der Waals surface area (Å²) >= 11 is 3.42. The van der Waals surface area contributed by atoms with Gasteiger partial charge in [0.05, 0.1) is 18.4 Å². The predicted octanol–water partition coefficient (Wildman–Crippen LogP) is 3.55. The van der Waals surface area contributed by atoms with E-state index < -0.39 is 0 Å². The maximum atomic E-state index is 12.4. The summed E-state index contributed by atoms with van der Waals surface area (Å²) in [5.41, 5.74) is 2.36. The van der Waals surface area contributed by atoms with E-state index in [2.05, 4.69) is 38.4 Å². The topological polar surface area (TPSA) is 64.7 Å². The number of benzene rings is 1. The van der Waals surface area contributed by atoms with Gasteiger partial charge >= 0.3 is 0 Å². The summed E-state index contributed by atoms with van der Waals surface area (Å²) in [6, 6.07) is 9.78. The number of anilines is 1. The first-order valence-corrected chi connectivity index (χ1v) is 8.55. The smallest absolute Gasteiger partial charge is 0.274 e. The number of hydrogen-bond acceptors (Lipinski definition) is 3. The van der Waals surface area contributed by atoms with Crippen molar-refractivity contribution in [2.24, 2.45) is 0 Å². The van der Waals surface area contributed by atoms with E-state index >= 15 is 0 Å². The lowest BCUT2D eigenvalue weighted by atomic mass is 10.2. The standard InChI is InChI=1S/C17H18BrN5O/c1-2-9-23-16(7-8-19-23)17(24)21-15-10-20-22(12-15)11-13-3-5-14(18)6-4-13/h3-8,10,12H,2,9,11H2,1H3,(H,21,24). The third kappa shape index (κ3) is 3.91. The molecule has 1 aromatic carbocycles. The maximum absolute atomic E-state index is 12.4. The van der Waals surface area contributed by atoms with E-state index in [1.54, 1.807) is 27.8 Å². The van der Waals surface area contributed by atoms with Crippen molar-refractivity contribution in [2.45, 2.75) is 26.4 Å². The lowest BCUT2D eigenvalue weighted by molar-refractivity contribution is 0.101. The van der Waals surface area contributed by atoms with Crippen LogP contribution in [0.25, 0.3) is 0 Å². The SMILES string of the molecule is CCCn1nccc1C(=O)Nc1cnn(Cc2ccc(Br)cc2)c1. The first kappa shape index (κ1) is 16.4. The minimum absolute atomic E-state index is 0.177. The van der Waals surface area contributed by atoms with E-state index in [9.17, 15) is 4.79 Å². The molecular formula is C17H18BrN5O. The van der Waals surface area contributed by atoms with Crippen molar-refractivity contribution in [2.75, 3.05) is 5.32 Å². The number of nitrogens with zero attached hydrogens (tertiary/aromatic N) is 4. The number of hydrogen-bond donors (Lipinski definition) is 1. The van der Waals surface area contributed by atoms with Crippen molar-refractivity contribution in [1.29, 1.82) is 0 Å². The summed E-state index contributed by atoms with van der Waals surface area (Å²) in [7, 11) is 0. The van der Waals surface area contributed by atoms with Crippen LogP contribution in [0.15, 0.2) is 53.4 Å². The predicted molar refractivity (Wildman–Crippen MR) is 95.9 cm³/mol. The van der Waals surface area contributed by atoms with Gasteiger partial charge < -0.3 is 5.32 Å². The molecule has 6 nitrogen and oxygen atoms in total. The van der Waals surface area contributed by atoms with E-state index in [1.165, 1.54) is 0 Å². The highest BCUT2D eigenvalue weighted by atomic mass is 79.9. The molecule has 0 atom stereocenters. The molecule has 0 saturated carbocycles. The number of amides is 1. The zero-order valence-electron chi connectivity index (χ0n) is 13.3. The average molecular weight is 388 g/mol. The van der Waals surface area contributed by atoms with E-state index in [0.29, 0.717) is 17.9 Å². The number of aromatic nitrogens is 4. The van der Waals surface area contributed by atoms with Crippen molar-refractivity contribution in [3.63, 3.8) is 0 Å². The fraction of sp³-hybridized carbons (Fsp3) is 0.235. The average Bonchev–Trinajstić information content (AvgIpc) is 3.19. The molecule has 3 aromatic rings. The van der Waals surface area contributed by atoms with Gasteiger partial charge in [-0.05, 0) is 30.2 Å². The summed E-state index contributed by atoms with van der Waals surface area (Å²) in [5, 5.41) is 11.3. The fourth-order valence-electron chi connectivity index (χ4n) is 2.40. The summed E-state index contributed by atoms with van der Waals surface area (Å²) in [4.78, 5) is 12.4. The summed E-state index contributed by atoms with van der Waals surface area (Å²) < 4.78 is 4.55. The first-order chi connectivity index (χ1) is 11.7. The Morgan fingerprint density at radius 2 is 2.00 bits per heavy atom. The van der Waals surface area contributed by atoms with Crippen LogP contribution in [0.1, 0.15) is 29.4 Å². The molecule has 0 radical (unpaired) electrons. The number of rotatable bonds is 6.